The van der Waals surface area contributed by atoms with Gasteiger partial charge >= 0.3 is 0 Å². The molecule has 17 heavy (non-hydrogen) atoms. The van der Waals surface area contributed by atoms with Gasteiger partial charge in [-0.1, -0.05) is 18.2 Å². The van der Waals surface area contributed by atoms with Crippen LogP contribution in [0, 0.1) is 0 Å². The Morgan fingerprint density at radius 2 is 2.00 bits per heavy atom. The van der Waals surface area contributed by atoms with Gasteiger partial charge in [-0.3, -0.25) is 4.98 Å². The third-order valence-corrected chi connectivity index (χ3v) is 2.65. The Balaban J connectivity index is 1.90. The number of nitrogens with one attached hydrogen (secondary N) is 2. The Morgan fingerprint density at radius 3 is 2.88 bits per heavy atom. The van der Waals surface area contributed by atoms with Crippen molar-refractivity contribution in [3.63, 3.8) is 0 Å². The average molecular weight is 224 g/mol. The van der Waals surface area contributed by atoms with Gasteiger partial charge in [0.2, 0.25) is 0 Å². The minimum Gasteiger partial charge on any atom is -0.377 e. The van der Waals surface area contributed by atoms with E-state index < -0.39 is 0 Å². The highest BCUT2D eigenvalue weighted by Gasteiger charge is 2.01. The number of hydrogen-bond acceptors (Lipinski definition) is 3. The highest BCUT2D eigenvalue weighted by Crippen LogP contribution is 2.21. The Bertz CT molecular complexity index is 611. The molecule has 0 spiro atoms. The molecule has 1 aromatic carbocycles. The van der Waals surface area contributed by atoms with E-state index in [1.54, 1.807) is 6.20 Å². The van der Waals surface area contributed by atoms with Crippen molar-refractivity contribution in [2.45, 2.75) is 6.54 Å². The van der Waals surface area contributed by atoms with Crippen LogP contribution in [-0.2, 0) is 6.54 Å². The lowest BCUT2D eigenvalue weighted by molar-refractivity contribution is 1.00. The number of anilines is 1. The van der Waals surface area contributed by atoms with Crippen LogP contribution in [0.3, 0.4) is 0 Å². The van der Waals surface area contributed by atoms with Gasteiger partial charge < -0.3 is 10.3 Å². The molecule has 0 fully saturated rings. The van der Waals surface area contributed by atoms with E-state index in [9.17, 15) is 0 Å². The van der Waals surface area contributed by atoms with Crippen LogP contribution in [0.5, 0.6) is 0 Å². The van der Waals surface area contributed by atoms with Crippen molar-refractivity contribution in [3.05, 3.63) is 54.7 Å². The van der Waals surface area contributed by atoms with E-state index in [-0.39, 0.29) is 0 Å². The second-order valence-corrected chi connectivity index (χ2v) is 3.77. The molecule has 0 atom stereocenters. The fourth-order valence-electron chi connectivity index (χ4n) is 1.82. The van der Waals surface area contributed by atoms with Crippen LogP contribution >= 0.6 is 0 Å². The summed E-state index contributed by atoms with van der Waals surface area (Å²) in [5.41, 5.74) is 2.07. The normalized spacial score (nSPS) is 10.6. The zero-order valence-corrected chi connectivity index (χ0v) is 9.22. The van der Waals surface area contributed by atoms with Crippen LogP contribution in [0.2, 0.25) is 0 Å². The molecule has 0 bridgehead atoms. The van der Waals surface area contributed by atoms with Crippen LogP contribution in [0.25, 0.3) is 10.9 Å². The zero-order valence-electron chi connectivity index (χ0n) is 9.22. The van der Waals surface area contributed by atoms with Crippen LogP contribution in [0.15, 0.2) is 48.9 Å². The van der Waals surface area contributed by atoms with Crippen molar-refractivity contribution in [1.29, 1.82) is 0 Å². The van der Waals surface area contributed by atoms with Crippen molar-refractivity contribution in [1.82, 2.24) is 15.0 Å². The van der Waals surface area contributed by atoms with Crippen LogP contribution in [0.4, 0.5) is 5.69 Å². The quantitative estimate of drug-likeness (QED) is 0.719. The summed E-state index contributed by atoms with van der Waals surface area (Å²) in [4.78, 5) is 11.6. The highest BCUT2D eigenvalue weighted by atomic mass is 15.0. The van der Waals surface area contributed by atoms with E-state index in [4.69, 9.17) is 0 Å². The third kappa shape index (κ3) is 1.97. The predicted octanol–water partition coefficient (Wildman–Crippen LogP) is 2.57. The second kappa shape index (κ2) is 4.25. The Hall–Kier alpha value is -2.36. The van der Waals surface area contributed by atoms with Crippen molar-refractivity contribution in [2.75, 3.05) is 5.32 Å². The molecular weight excluding hydrogens is 212 g/mol. The first-order chi connectivity index (χ1) is 8.43. The van der Waals surface area contributed by atoms with Gasteiger partial charge in [0.05, 0.1) is 12.1 Å². The summed E-state index contributed by atoms with van der Waals surface area (Å²) >= 11 is 0. The summed E-state index contributed by atoms with van der Waals surface area (Å²) in [5, 5.41) is 4.48. The number of para-hydroxylation sites is 1. The van der Waals surface area contributed by atoms with Gasteiger partial charge in [0.25, 0.3) is 0 Å². The SMILES string of the molecule is c1ccc2c(NCc3ncc[nH]3)ccnc2c1. The third-order valence-electron chi connectivity index (χ3n) is 2.65. The molecule has 0 aliphatic rings. The number of benzene rings is 1. The van der Waals surface area contributed by atoms with E-state index in [0.717, 1.165) is 22.4 Å². The molecule has 0 saturated heterocycles. The molecule has 3 aromatic rings. The van der Waals surface area contributed by atoms with Gasteiger partial charge in [-0.2, -0.15) is 0 Å². The van der Waals surface area contributed by atoms with Crippen LogP contribution in [0.1, 0.15) is 5.82 Å². The van der Waals surface area contributed by atoms with Crippen LogP contribution in [-0.4, -0.2) is 15.0 Å². The molecule has 0 unspecified atom stereocenters. The molecule has 2 N–H and O–H groups in total. The Morgan fingerprint density at radius 1 is 1.06 bits per heavy atom. The summed E-state index contributed by atoms with van der Waals surface area (Å²) < 4.78 is 0. The summed E-state index contributed by atoms with van der Waals surface area (Å²) in [5.74, 6) is 0.922. The molecule has 0 aliphatic carbocycles. The fourth-order valence-corrected chi connectivity index (χ4v) is 1.82. The maximum atomic E-state index is 4.32. The smallest absolute Gasteiger partial charge is 0.125 e. The fraction of sp³-hybridized carbons (Fsp3) is 0.0769. The molecule has 2 heterocycles. The number of aromatic nitrogens is 3. The van der Waals surface area contributed by atoms with Crippen molar-refractivity contribution in [3.8, 4) is 0 Å². The highest BCUT2D eigenvalue weighted by molar-refractivity contribution is 5.90. The summed E-state index contributed by atoms with van der Waals surface area (Å²) in [6.07, 6.45) is 5.39. The van der Waals surface area contributed by atoms with E-state index in [2.05, 4.69) is 26.3 Å². The number of fused-ring (bicyclic) bond motifs is 1. The van der Waals surface area contributed by atoms with E-state index in [1.807, 2.05) is 36.7 Å². The summed E-state index contributed by atoms with van der Waals surface area (Å²) in [6.45, 7) is 0.682. The molecule has 4 nitrogen and oxygen atoms in total. The second-order valence-electron chi connectivity index (χ2n) is 3.77. The molecule has 4 heteroatoms. The maximum absolute atomic E-state index is 4.32. The minimum absolute atomic E-state index is 0.682. The number of hydrogen-bond donors (Lipinski definition) is 2. The molecule has 84 valence electrons. The first kappa shape index (κ1) is 9.84. The number of imidazole rings is 1. The monoisotopic (exact) mass is 224 g/mol. The average Bonchev–Trinajstić information content (AvgIpc) is 2.89. The largest absolute Gasteiger partial charge is 0.377 e. The van der Waals surface area contributed by atoms with E-state index in [0.29, 0.717) is 6.54 Å². The van der Waals surface area contributed by atoms with Gasteiger partial charge in [0, 0.05) is 29.7 Å². The number of rotatable bonds is 3. The Labute approximate surface area is 98.7 Å². The minimum atomic E-state index is 0.682. The summed E-state index contributed by atoms with van der Waals surface area (Å²) in [6, 6.07) is 10.1. The van der Waals surface area contributed by atoms with E-state index >= 15 is 0 Å². The van der Waals surface area contributed by atoms with Crippen molar-refractivity contribution in [2.24, 2.45) is 0 Å². The lowest BCUT2D eigenvalue weighted by atomic mass is 10.2. The molecule has 0 saturated carbocycles. The molecule has 3 rings (SSSR count). The standard InChI is InChI=1S/C13H12N4/c1-2-4-11-10(3-1)12(5-6-14-11)17-9-13-15-7-8-16-13/h1-8H,9H2,(H,14,17)(H,15,16). The Kier molecular flexibility index (Phi) is 2.46. The maximum Gasteiger partial charge on any atom is 0.125 e. The zero-order chi connectivity index (χ0) is 11.5. The molecular formula is C13H12N4. The van der Waals surface area contributed by atoms with Crippen molar-refractivity contribution < 1.29 is 0 Å². The molecule has 2 aromatic heterocycles. The summed E-state index contributed by atoms with van der Waals surface area (Å²) in [7, 11) is 0. The number of nitrogens with zero attached hydrogens (tertiary/aromatic N) is 2. The van der Waals surface area contributed by atoms with Gasteiger partial charge in [-0.25, -0.2) is 4.98 Å². The van der Waals surface area contributed by atoms with Gasteiger partial charge in [0.15, 0.2) is 0 Å². The van der Waals surface area contributed by atoms with E-state index in [1.165, 1.54) is 0 Å². The number of aromatic amines is 1. The first-order valence-corrected chi connectivity index (χ1v) is 5.49. The van der Waals surface area contributed by atoms with Gasteiger partial charge in [0.1, 0.15) is 5.82 Å². The lowest BCUT2D eigenvalue weighted by Crippen LogP contribution is -2.01. The van der Waals surface area contributed by atoms with Crippen molar-refractivity contribution >= 4 is 16.6 Å². The molecule has 0 aliphatic heterocycles. The lowest BCUT2D eigenvalue weighted by Gasteiger charge is -2.07. The first-order valence-electron chi connectivity index (χ1n) is 5.49. The molecule has 0 radical (unpaired) electrons. The van der Waals surface area contributed by atoms with Crippen LogP contribution < -0.4 is 5.32 Å². The number of pyridine rings is 1. The van der Waals surface area contributed by atoms with Gasteiger partial charge in [-0.15, -0.1) is 0 Å². The predicted molar refractivity (Wildman–Crippen MR) is 67.7 cm³/mol. The van der Waals surface area contributed by atoms with Gasteiger partial charge in [-0.05, 0) is 12.1 Å². The molecule has 0 amide bonds. The topological polar surface area (TPSA) is 53.6 Å². The number of H-pyrrole nitrogens is 1.